The van der Waals surface area contributed by atoms with Crippen LogP contribution in [0.1, 0.15) is 49.1 Å². The molecule has 3 fully saturated rings. The van der Waals surface area contributed by atoms with Crippen molar-refractivity contribution in [3.05, 3.63) is 17.0 Å². The van der Waals surface area contributed by atoms with E-state index in [-0.39, 0.29) is 0 Å². The molecule has 0 radical (unpaired) electrons. The Morgan fingerprint density at radius 1 is 1.33 bits per heavy atom. The van der Waals surface area contributed by atoms with Crippen LogP contribution in [0.3, 0.4) is 0 Å². The molecule has 21 heavy (non-hydrogen) atoms. The number of aryl methyl sites for hydroxylation is 2. The molecule has 0 bridgehead atoms. The molecule has 3 aliphatic rings. The molecule has 1 aromatic heterocycles. The van der Waals surface area contributed by atoms with Gasteiger partial charge in [-0.15, -0.1) is 0 Å². The van der Waals surface area contributed by atoms with Crippen molar-refractivity contribution in [2.24, 2.45) is 11.3 Å². The third kappa shape index (κ3) is 1.99. The highest BCUT2D eigenvalue weighted by molar-refractivity contribution is 5.21. The third-order valence-electron chi connectivity index (χ3n) is 6.19. The summed E-state index contributed by atoms with van der Waals surface area (Å²) in [6, 6.07) is 0.711. The van der Waals surface area contributed by atoms with E-state index < -0.39 is 0 Å². The molecule has 1 aromatic rings. The highest BCUT2D eigenvalue weighted by Crippen LogP contribution is 2.62. The number of fused-ring (bicyclic) bond motifs is 2. The average molecular weight is 290 g/mol. The van der Waals surface area contributed by atoms with Crippen molar-refractivity contribution in [1.82, 2.24) is 10.5 Å². The SMILES string of the molecule is Cc1noc(C)c1CCCN[C@@H]1[C@@H]2CCO[C@H]2C12CCC2. The van der Waals surface area contributed by atoms with Crippen molar-refractivity contribution in [1.29, 1.82) is 0 Å². The van der Waals surface area contributed by atoms with Gasteiger partial charge < -0.3 is 14.6 Å². The van der Waals surface area contributed by atoms with Crippen LogP contribution in [0.25, 0.3) is 0 Å². The molecule has 1 N–H and O–H groups in total. The molecule has 1 aliphatic heterocycles. The maximum absolute atomic E-state index is 5.98. The van der Waals surface area contributed by atoms with E-state index in [0.717, 1.165) is 43.4 Å². The Hall–Kier alpha value is -0.870. The first-order valence-electron chi connectivity index (χ1n) is 8.49. The standard InChI is InChI=1S/C17H26N2O2/c1-11-13(12(2)21-19-11)5-3-9-18-15-14-6-10-20-16(14)17(15)7-4-8-17/h14-16,18H,3-10H2,1-2H3/t14-,15+,16+/m0/s1. The lowest BCUT2D eigenvalue weighted by molar-refractivity contribution is -0.175. The average Bonchev–Trinajstić information content (AvgIpc) is 2.95. The highest BCUT2D eigenvalue weighted by Gasteiger charge is 2.66. The fourth-order valence-electron chi connectivity index (χ4n) is 4.94. The van der Waals surface area contributed by atoms with Gasteiger partial charge in [-0.3, -0.25) is 0 Å². The normalized spacial score (nSPS) is 32.8. The van der Waals surface area contributed by atoms with E-state index in [2.05, 4.69) is 10.5 Å². The second-order valence-electron chi connectivity index (χ2n) is 7.17. The molecule has 1 spiro atoms. The molecule has 2 aliphatic carbocycles. The van der Waals surface area contributed by atoms with Crippen LogP contribution in [0.5, 0.6) is 0 Å². The third-order valence-corrected chi connectivity index (χ3v) is 6.19. The monoisotopic (exact) mass is 290 g/mol. The van der Waals surface area contributed by atoms with Crippen LogP contribution in [0.2, 0.25) is 0 Å². The minimum atomic E-state index is 0.504. The van der Waals surface area contributed by atoms with Gasteiger partial charge in [-0.25, -0.2) is 0 Å². The van der Waals surface area contributed by atoms with Crippen LogP contribution in [0, 0.1) is 25.2 Å². The van der Waals surface area contributed by atoms with Crippen molar-refractivity contribution in [2.45, 2.75) is 64.5 Å². The molecule has 0 amide bonds. The van der Waals surface area contributed by atoms with Crippen LogP contribution >= 0.6 is 0 Å². The first kappa shape index (κ1) is 13.8. The van der Waals surface area contributed by atoms with Crippen molar-refractivity contribution >= 4 is 0 Å². The Bertz CT molecular complexity index is 501. The predicted molar refractivity (Wildman–Crippen MR) is 80.2 cm³/mol. The van der Waals surface area contributed by atoms with Gasteiger partial charge in [0.05, 0.1) is 11.8 Å². The fraction of sp³-hybridized carbons (Fsp3) is 0.824. The molecule has 2 saturated carbocycles. The number of hydrogen-bond acceptors (Lipinski definition) is 4. The van der Waals surface area contributed by atoms with Crippen molar-refractivity contribution in [3.8, 4) is 0 Å². The molecule has 116 valence electrons. The Kier molecular flexibility index (Phi) is 3.34. The van der Waals surface area contributed by atoms with Gasteiger partial charge in [-0.05, 0) is 52.5 Å². The van der Waals surface area contributed by atoms with E-state index in [1.54, 1.807) is 0 Å². The smallest absolute Gasteiger partial charge is 0.137 e. The molecule has 4 nitrogen and oxygen atoms in total. The minimum absolute atomic E-state index is 0.504. The Balaban J connectivity index is 1.29. The number of rotatable bonds is 5. The Morgan fingerprint density at radius 3 is 2.86 bits per heavy atom. The molecular weight excluding hydrogens is 264 g/mol. The van der Waals surface area contributed by atoms with E-state index in [1.165, 1.54) is 31.2 Å². The molecule has 3 atom stereocenters. The van der Waals surface area contributed by atoms with Crippen LogP contribution < -0.4 is 5.32 Å². The summed E-state index contributed by atoms with van der Waals surface area (Å²) in [5.41, 5.74) is 2.85. The summed E-state index contributed by atoms with van der Waals surface area (Å²) in [5.74, 6) is 1.76. The van der Waals surface area contributed by atoms with Gasteiger partial charge in [0, 0.05) is 29.5 Å². The Labute approximate surface area is 126 Å². The zero-order chi connectivity index (χ0) is 14.4. The van der Waals surface area contributed by atoms with Crippen molar-refractivity contribution in [3.63, 3.8) is 0 Å². The summed E-state index contributed by atoms with van der Waals surface area (Å²) in [5, 5.41) is 7.89. The fourth-order valence-corrected chi connectivity index (χ4v) is 4.94. The van der Waals surface area contributed by atoms with E-state index in [1.807, 2.05) is 13.8 Å². The topological polar surface area (TPSA) is 47.3 Å². The van der Waals surface area contributed by atoms with Gasteiger partial charge in [0.1, 0.15) is 5.76 Å². The summed E-state index contributed by atoms with van der Waals surface area (Å²) in [7, 11) is 0. The molecular formula is C17H26N2O2. The van der Waals surface area contributed by atoms with Crippen LogP contribution in [-0.2, 0) is 11.2 Å². The second-order valence-corrected chi connectivity index (χ2v) is 7.17. The lowest BCUT2D eigenvalue weighted by Crippen LogP contribution is -2.71. The van der Waals surface area contributed by atoms with Gasteiger partial charge in [-0.1, -0.05) is 11.6 Å². The molecule has 0 aromatic carbocycles. The molecule has 2 heterocycles. The summed E-state index contributed by atoms with van der Waals surface area (Å²) in [4.78, 5) is 0. The second kappa shape index (κ2) is 5.10. The number of ether oxygens (including phenoxy) is 1. The zero-order valence-electron chi connectivity index (χ0n) is 13.2. The first-order chi connectivity index (χ1) is 10.2. The first-order valence-corrected chi connectivity index (χ1v) is 8.49. The predicted octanol–water partition coefficient (Wildman–Crippen LogP) is 2.77. The molecule has 0 unspecified atom stereocenters. The number of nitrogens with one attached hydrogen (secondary N) is 1. The maximum Gasteiger partial charge on any atom is 0.137 e. The summed E-state index contributed by atoms with van der Waals surface area (Å²) >= 11 is 0. The quantitative estimate of drug-likeness (QED) is 0.847. The van der Waals surface area contributed by atoms with Gasteiger partial charge in [-0.2, -0.15) is 0 Å². The van der Waals surface area contributed by atoms with Gasteiger partial charge >= 0.3 is 0 Å². The summed E-state index contributed by atoms with van der Waals surface area (Å²) in [6.45, 7) is 6.13. The maximum atomic E-state index is 5.98. The molecule has 1 saturated heterocycles. The van der Waals surface area contributed by atoms with E-state index >= 15 is 0 Å². The minimum Gasteiger partial charge on any atom is -0.377 e. The molecule has 4 heteroatoms. The number of nitrogens with zero attached hydrogens (tertiary/aromatic N) is 1. The van der Waals surface area contributed by atoms with Crippen LogP contribution in [-0.4, -0.2) is 30.5 Å². The van der Waals surface area contributed by atoms with Gasteiger partial charge in [0.25, 0.3) is 0 Å². The largest absolute Gasteiger partial charge is 0.377 e. The summed E-state index contributed by atoms with van der Waals surface area (Å²) < 4.78 is 11.2. The lowest BCUT2D eigenvalue weighted by Gasteiger charge is -2.63. The van der Waals surface area contributed by atoms with Crippen molar-refractivity contribution < 1.29 is 9.26 Å². The van der Waals surface area contributed by atoms with E-state index in [4.69, 9.17) is 9.26 Å². The lowest BCUT2D eigenvalue weighted by atomic mass is 9.46. The van der Waals surface area contributed by atoms with Crippen LogP contribution in [0.4, 0.5) is 0 Å². The van der Waals surface area contributed by atoms with Crippen LogP contribution in [0.15, 0.2) is 4.52 Å². The van der Waals surface area contributed by atoms with E-state index in [0.29, 0.717) is 17.6 Å². The molecule has 4 rings (SSSR count). The van der Waals surface area contributed by atoms with Crippen molar-refractivity contribution in [2.75, 3.05) is 13.2 Å². The summed E-state index contributed by atoms with van der Waals surface area (Å²) in [6.07, 6.45) is 8.20. The highest BCUT2D eigenvalue weighted by atomic mass is 16.5. The number of hydrogen-bond donors (Lipinski definition) is 1. The zero-order valence-corrected chi connectivity index (χ0v) is 13.2. The van der Waals surface area contributed by atoms with E-state index in [9.17, 15) is 0 Å². The Morgan fingerprint density at radius 2 is 2.19 bits per heavy atom. The van der Waals surface area contributed by atoms with Gasteiger partial charge in [0.15, 0.2) is 0 Å². The number of aromatic nitrogens is 1. The van der Waals surface area contributed by atoms with Gasteiger partial charge in [0.2, 0.25) is 0 Å².